The van der Waals surface area contributed by atoms with Crippen LogP contribution in [0.5, 0.6) is 0 Å². The van der Waals surface area contributed by atoms with Gasteiger partial charge in [0, 0.05) is 20.2 Å². The van der Waals surface area contributed by atoms with Gasteiger partial charge in [0.25, 0.3) is 0 Å². The Labute approximate surface area is 115 Å². The summed E-state index contributed by atoms with van der Waals surface area (Å²) in [6.45, 7) is 3.91. The van der Waals surface area contributed by atoms with Crippen LogP contribution in [0.3, 0.4) is 0 Å². The van der Waals surface area contributed by atoms with Crippen LogP contribution < -0.4 is 0 Å². The zero-order chi connectivity index (χ0) is 13.6. The molecule has 0 aliphatic heterocycles. The van der Waals surface area contributed by atoms with Crippen LogP contribution in [0.2, 0.25) is 0 Å². The molecular formula is C16H10N2S. The Morgan fingerprint density at radius 3 is 1.58 bits per heavy atom. The molecule has 0 bridgehead atoms. The Morgan fingerprint density at radius 2 is 1.21 bits per heavy atom. The van der Waals surface area contributed by atoms with Gasteiger partial charge in [0.2, 0.25) is 0 Å². The topological polar surface area (TPSA) is 47.6 Å². The molecule has 0 N–H and O–H groups in total. The van der Waals surface area contributed by atoms with Crippen LogP contribution in [0.25, 0.3) is 20.2 Å². The van der Waals surface area contributed by atoms with Gasteiger partial charge < -0.3 is 0 Å². The molecule has 1 heterocycles. The van der Waals surface area contributed by atoms with Gasteiger partial charge in [-0.15, -0.1) is 11.3 Å². The average Bonchev–Trinajstić information content (AvgIpc) is 2.72. The predicted molar refractivity (Wildman–Crippen MR) is 78.2 cm³/mol. The van der Waals surface area contributed by atoms with E-state index >= 15 is 0 Å². The Bertz CT molecular complexity index is 830. The molecule has 1 aromatic heterocycles. The van der Waals surface area contributed by atoms with Gasteiger partial charge in [0.1, 0.15) is 0 Å². The zero-order valence-electron chi connectivity index (χ0n) is 10.6. The fraction of sp³-hybridized carbons (Fsp3) is 0.125. The average molecular weight is 262 g/mol. The predicted octanol–water partition coefficient (Wildman–Crippen LogP) is 4.41. The molecular weight excluding hydrogens is 252 g/mol. The standard InChI is InChI=1S/C16H10N2S/c1-9-3-15-13(5-11(9)7-17)14-6-12(8-18)10(2)4-16(14)19-15/h3-6H,1-2H3. The molecule has 0 unspecified atom stereocenters. The van der Waals surface area contributed by atoms with E-state index in [1.54, 1.807) is 11.3 Å². The first-order valence-electron chi connectivity index (χ1n) is 5.91. The fourth-order valence-corrected chi connectivity index (χ4v) is 3.58. The smallest absolute Gasteiger partial charge is 0.0994 e. The summed E-state index contributed by atoms with van der Waals surface area (Å²) in [6, 6.07) is 12.4. The lowest BCUT2D eigenvalue weighted by Gasteiger charge is -1.99. The van der Waals surface area contributed by atoms with E-state index in [9.17, 15) is 0 Å². The molecule has 3 aromatic rings. The highest BCUT2D eigenvalue weighted by atomic mass is 32.1. The van der Waals surface area contributed by atoms with Gasteiger partial charge in [-0.2, -0.15) is 10.5 Å². The van der Waals surface area contributed by atoms with Crippen molar-refractivity contribution in [3.8, 4) is 12.1 Å². The van der Waals surface area contributed by atoms with Crippen molar-refractivity contribution in [2.75, 3.05) is 0 Å². The number of aryl methyl sites for hydroxylation is 2. The molecule has 0 aliphatic rings. The third kappa shape index (κ3) is 1.68. The summed E-state index contributed by atoms with van der Waals surface area (Å²) in [5, 5.41) is 20.4. The van der Waals surface area contributed by atoms with E-state index in [0.717, 1.165) is 21.9 Å². The third-order valence-electron chi connectivity index (χ3n) is 3.40. The van der Waals surface area contributed by atoms with E-state index in [1.165, 1.54) is 9.40 Å². The Kier molecular flexibility index (Phi) is 2.52. The number of fused-ring (bicyclic) bond motifs is 3. The van der Waals surface area contributed by atoms with E-state index in [-0.39, 0.29) is 0 Å². The molecule has 0 saturated carbocycles. The lowest BCUT2D eigenvalue weighted by atomic mass is 10.0. The maximum absolute atomic E-state index is 9.13. The van der Waals surface area contributed by atoms with Gasteiger partial charge in [-0.25, -0.2) is 0 Å². The first-order valence-corrected chi connectivity index (χ1v) is 6.73. The summed E-state index contributed by atoms with van der Waals surface area (Å²) in [5.41, 5.74) is 3.40. The maximum atomic E-state index is 9.13. The summed E-state index contributed by atoms with van der Waals surface area (Å²) in [7, 11) is 0. The quantitative estimate of drug-likeness (QED) is 0.602. The van der Waals surface area contributed by atoms with Crippen molar-refractivity contribution in [1.29, 1.82) is 10.5 Å². The molecule has 90 valence electrons. The summed E-state index contributed by atoms with van der Waals surface area (Å²) >= 11 is 1.71. The second-order valence-electron chi connectivity index (χ2n) is 4.65. The van der Waals surface area contributed by atoms with Crippen LogP contribution in [0.1, 0.15) is 22.3 Å². The van der Waals surface area contributed by atoms with E-state index < -0.39 is 0 Å². The molecule has 0 amide bonds. The van der Waals surface area contributed by atoms with Gasteiger partial charge in [-0.05, 0) is 49.2 Å². The number of hydrogen-bond acceptors (Lipinski definition) is 3. The highest BCUT2D eigenvalue weighted by Gasteiger charge is 2.10. The van der Waals surface area contributed by atoms with Crippen LogP contribution in [-0.4, -0.2) is 0 Å². The number of thiophene rings is 1. The monoisotopic (exact) mass is 262 g/mol. The van der Waals surface area contributed by atoms with Gasteiger partial charge >= 0.3 is 0 Å². The fourth-order valence-electron chi connectivity index (χ4n) is 2.31. The van der Waals surface area contributed by atoms with Crippen LogP contribution in [0.15, 0.2) is 24.3 Å². The Hall–Kier alpha value is -2.36. The van der Waals surface area contributed by atoms with Crippen molar-refractivity contribution in [2.45, 2.75) is 13.8 Å². The van der Waals surface area contributed by atoms with Crippen LogP contribution in [0, 0.1) is 36.5 Å². The van der Waals surface area contributed by atoms with Crippen molar-refractivity contribution in [2.24, 2.45) is 0 Å². The number of nitriles is 2. The maximum Gasteiger partial charge on any atom is 0.0994 e. The van der Waals surface area contributed by atoms with Crippen molar-refractivity contribution >= 4 is 31.5 Å². The number of hydrogen-bond donors (Lipinski definition) is 0. The minimum absolute atomic E-state index is 0.700. The van der Waals surface area contributed by atoms with Gasteiger partial charge in [-0.3, -0.25) is 0 Å². The number of nitrogens with zero attached hydrogens (tertiary/aromatic N) is 2. The second kappa shape index (κ2) is 4.09. The largest absolute Gasteiger partial charge is 0.192 e. The summed E-state index contributed by atoms with van der Waals surface area (Å²) in [6.07, 6.45) is 0. The molecule has 3 heteroatoms. The number of rotatable bonds is 0. The molecule has 19 heavy (non-hydrogen) atoms. The molecule has 3 rings (SSSR count). The summed E-state index contributed by atoms with van der Waals surface area (Å²) in [4.78, 5) is 0. The minimum Gasteiger partial charge on any atom is -0.192 e. The zero-order valence-corrected chi connectivity index (χ0v) is 11.4. The second-order valence-corrected chi connectivity index (χ2v) is 5.74. The van der Waals surface area contributed by atoms with Crippen LogP contribution in [0.4, 0.5) is 0 Å². The SMILES string of the molecule is Cc1cc2sc3cc(C)c(C#N)cc3c2cc1C#N. The van der Waals surface area contributed by atoms with Crippen LogP contribution in [-0.2, 0) is 0 Å². The summed E-state index contributed by atoms with van der Waals surface area (Å²) in [5.74, 6) is 0. The third-order valence-corrected chi connectivity index (χ3v) is 4.52. The normalized spacial score (nSPS) is 10.5. The lowest BCUT2D eigenvalue weighted by molar-refractivity contribution is 1.42. The first kappa shape index (κ1) is 11.7. The molecule has 0 fully saturated rings. The molecule has 0 spiro atoms. The highest BCUT2D eigenvalue weighted by molar-refractivity contribution is 7.25. The lowest BCUT2D eigenvalue weighted by Crippen LogP contribution is -1.82. The molecule has 2 nitrogen and oxygen atoms in total. The van der Waals surface area contributed by atoms with Crippen molar-refractivity contribution < 1.29 is 0 Å². The van der Waals surface area contributed by atoms with E-state index in [2.05, 4.69) is 24.3 Å². The van der Waals surface area contributed by atoms with Crippen molar-refractivity contribution in [3.05, 3.63) is 46.5 Å². The molecule has 0 atom stereocenters. The Balaban J connectivity index is 2.50. The molecule has 0 aliphatic carbocycles. The van der Waals surface area contributed by atoms with Crippen LogP contribution >= 0.6 is 11.3 Å². The molecule has 0 saturated heterocycles. The molecule has 2 aromatic carbocycles. The number of benzene rings is 2. The molecule has 0 radical (unpaired) electrons. The van der Waals surface area contributed by atoms with E-state index in [0.29, 0.717) is 11.1 Å². The van der Waals surface area contributed by atoms with E-state index in [1.807, 2.05) is 26.0 Å². The van der Waals surface area contributed by atoms with Gasteiger partial charge in [0.05, 0.1) is 23.3 Å². The minimum atomic E-state index is 0.700. The first-order chi connectivity index (χ1) is 9.13. The van der Waals surface area contributed by atoms with E-state index in [4.69, 9.17) is 10.5 Å². The van der Waals surface area contributed by atoms with Gasteiger partial charge in [0.15, 0.2) is 0 Å². The highest BCUT2D eigenvalue weighted by Crippen LogP contribution is 2.36. The summed E-state index contributed by atoms with van der Waals surface area (Å²) < 4.78 is 2.34. The van der Waals surface area contributed by atoms with Crippen molar-refractivity contribution in [1.82, 2.24) is 0 Å². The van der Waals surface area contributed by atoms with Crippen molar-refractivity contribution in [3.63, 3.8) is 0 Å². The van der Waals surface area contributed by atoms with Gasteiger partial charge in [-0.1, -0.05) is 0 Å². The Morgan fingerprint density at radius 1 is 0.789 bits per heavy atom.